The fraction of sp³-hybridized carbons (Fsp3) is 0.250. The summed E-state index contributed by atoms with van der Waals surface area (Å²) in [5.74, 6) is -0.378. The zero-order valence-corrected chi connectivity index (χ0v) is 12.8. The Bertz CT molecular complexity index is 681. The maximum Gasteiger partial charge on any atom is 0.407 e. The number of nitrogens with one attached hydrogen (secondary N) is 1. The van der Waals surface area contributed by atoms with Gasteiger partial charge in [-0.05, 0) is 11.6 Å². The summed E-state index contributed by atoms with van der Waals surface area (Å²) in [5.41, 5.74) is 6.37. The number of carbonyl (C=O) groups is 1. The summed E-state index contributed by atoms with van der Waals surface area (Å²) in [5, 5.41) is 31.7. The van der Waals surface area contributed by atoms with Crippen molar-refractivity contribution >= 4 is 11.9 Å². The summed E-state index contributed by atoms with van der Waals surface area (Å²) in [6.07, 6.45) is -2.14. The van der Waals surface area contributed by atoms with E-state index in [9.17, 15) is 20.1 Å². The van der Waals surface area contributed by atoms with Crippen LogP contribution in [0.3, 0.4) is 0 Å². The van der Waals surface area contributed by atoms with Crippen molar-refractivity contribution in [1.82, 2.24) is 10.3 Å². The second-order valence-electron chi connectivity index (χ2n) is 5.13. The summed E-state index contributed by atoms with van der Waals surface area (Å²) in [7, 11) is 0. The Morgan fingerprint density at radius 3 is 2.67 bits per heavy atom. The molecule has 0 saturated heterocycles. The Kier molecular flexibility index (Phi) is 5.94. The predicted octanol–water partition coefficient (Wildman–Crippen LogP) is 0.690. The summed E-state index contributed by atoms with van der Waals surface area (Å²) in [6, 6.07) is 10.3. The van der Waals surface area contributed by atoms with Crippen molar-refractivity contribution in [3.05, 3.63) is 53.7 Å². The molecular formula is C16H19N3O5. The number of anilines is 1. The van der Waals surface area contributed by atoms with Crippen LogP contribution in [0.15, 0.2) is 42.6 Å². The molecule has 0 aliphatic heterocycles. The number of pyridine rings is 1. The molecule has 0 spiro atoms. The highest BCUT2D eigenvalue weighted by atomic mass is 16.5. The fourth-order valence-electron chi connectivity index (χ4n) is 1.94. The summed E-state index contributed by atoms with van der Waals surface area (Å²) < 4.78 is 4.99. The van der Waals surface area contributed by atoms with Crippen LogP contribution in [0.2, 0.25) is 0 Å². The number of aliphatic hydroxyl groups is 2. The number of nitrogens with zero attached hydrogens (tertiary/aromatic N) is 1. The van der Waals surface area contributed by atoms with Crippen LogP contribution in [0.1, 0.15) is 17.2 Å². The number of aliphatic hydroxyl groups excluding tert-OH is 2. The zero-order chi connectivity index (χ0) is 17.5. The molecule has 1 heterocycles. The molecule has 0 bridgehead atoms. The minimum Gasteiger partial charge on any atom is -0.504 e. The summed E-state index contributed by atoms with van der Waals surface area (Å²) >= 11 is 0. The summed E-state index contributed by atoms with van der Waals surface area (Å²) in [4.78, 5) is 15.3. The van der Waals surface area contributed by atoms with Gasteiger partial charge >= 0.3 is 6.09 Å². The van der Waals surface area contributed by atoms with Gasteiger partial charge in [0.25, 0.3) is 0 Å². The largest absolute Gasteiger partial charge is 0.504 e. The Balaban J connectivity index is 1.80. The molecule has 2 atom stereocenters. The molecule has 2 unspecified atom stereocenters. The Hall–Kier alpha value is -2.84. The maximum atomic E-state index is 11.6. The number of nitrogens with two attached hydrogens (primary N) is 1. The number of carbonyl (C=O) groups excluding carboxylic acids is 1. The number of alkyl carbamates (subject to hydrolysis) is 1. The highest BCUT2D eigenvalue weighted by Gasteiger charge is 2.20. The van der Waals surface area contributed by atoms with Gasteiger partial charge in [-0.1, -0.05) is 30.3 Å². The number of nitrogen functional groups attached to an aromatic ring is 1. The van der Waals surface area contributed by atoms with Crippen molar-refractivity contribution in [1.29, 1.82) is 0 Å². The number of hydrogen-bond acceptors (Lipinski definition) is 7. The van der Waals surface area contributed by atoms with Crippen molar-refractivity contribution in [2.45, 2.75) is 18.8 Å². The van der Waals surface area contributed by atoms with Gasteiger partial charge in [0, 0.05) is 18.3 Å². The number of hydrogen-bond donors (Lipinski definition) is 5. The molecule has 2 rings (SSSR count). The Labute approximate surface area is 138 Å². The molecule has 8 nitrogen and oxygen atoms in total. The van der Waals surface area contributed by atoms with Gasteiger partial charge in [-0.15, -0.1) is 0 Å². The topological polar surface area (TPSA) is 138 Å². The van der Waals surface area contributed by atoms with Gasteiger partial charge in [0.1, 0.15) is 18.8 Å². The van der Waals surface area contributed by atoms with Crippen LogP contribution < -0.4 is 11.1 Å². The van der Waals surface area contributed by atoms with Gasteiger partial charge < -0.3 is 31.1 Å². The third kappa shape index (κ3) is 4.83. The molecule has 1 amide bonds. The molecule has 0 radical (unpaired) electrons. The molecule has 1 aromatic heterocycles. The number of ether oxygens (including phenoxy) is 1. The normalized spacial score (nSPS) is 13.1. The highest BCUT2D eigenvalue weighted by Crippen LogP contribution is 2.23. The van der Waals surface area contributed by atoms with E-state index in [-0.39, 0.29) is 30.3 Å². The lowest BCUT2D eigenvalue weighted by atomic mass is 10.1. The Morgan fingerprint density at radius 2 is 2.00 bits per heavy atom. The maximum absolute atomic E-state index is 11.6. The van der Waals surface area contributed by atoms with Crippen molar-refractivity contribution in [2.24, 2.45) is 0 Å². The van der Waals surface area contributed by atoms with E-state index < -0.39 is 18.3 Å². The van der Waals surface area contributed by atoms with E-state index in [0.717, 1.165) is 5.56 Å². The fourth-order valence-corrected chi connectivity index (χ4v) is 1.94. The highest BCUT2D eigenvalue weighted by molar-refractivity contribution is 5.67. The molecule has 0 fully saturated rings. The van der Waals surface area contributed by atoms with Crippen LogP contribution in [0.4, 0.5) is 10.6 Å². The first kappa shape index (κ1) is 17.5. The predicted molar refractivity (Wildman–Crippen MR) is 85.9 cm³/mol. The van der Waals surface area contributed by atoms with E-state index in [4.69, 9.17) is 10.5 Å². The number of amides is 1. The second kappa shape index (κ2) is 8.14. The monoisotopic (exact) mass is 333 g/mol. The molecule has 6 N–H and O–H groups in total. The number of aromatic hydroxyl groups is 1. The van der Waals surface area contributed by atoms with Gasteiger partial charge in [0.2, 0.25) is 0 Å². The first-order valence-electron chi connectivity index (χ1n) is 7.22. The third-order valence-electron chi connectivity index (χ3n) is 3.29. The SMILES string of the molecule is Nc1ncc(C(O)C(O)CNC(=O)OCc2ccccc2)cc1O. The molecule has 2 aromatic rings. The van der Waals surface area contributed by atoms with Gasteiger partial charge in [0.15, 0.2) is 11.6 Å². The molecular weight excluding hydrogens is 314 g/mol. The van der Waals surface area contributed by atoms with Gasteiger partial charge in [0.05, 0.1) is 0 Å². The lowest BCUT2D eigenvalue weighted by Crippen LogP contribution is -2.35. The van der Waals surface area contributed by atoms with E-state index >= 15 is 0 Å². The molecule has 8 heteroatoms. The van der Waals surface area contributed by atoms with E-state index in [1.165, 1.54) is 12.3 Å². The molecule has 0 aliphatic rings. The number of rotatable bonds is 6. The standard InChI is InChI=1S/C16H19N3O5/c17-15-12(20)6-11(7-18-15)14(22)13(21)8-19-16(23)24-9-10-4-2-1-3-5-10/h1-7,13-14,20-22H,8-9H2,(H2,17,18)(H,19,23). The van der Waals surface area contributed by atoms with E-state index in [2.05, 4.69) is 10.3 Å². The van der Waals surface area contributed by atoms with Crippen LogP contribution in [-0.2, 0) is 11.3 Å². The van der Waals surface area contributed by atoms with Gasteiger partial charge in [-0.25, -0.2) is 9.78 Å². The number of benzene rings is 1. The molecule has 0 saturated carbocycles. The number of aromatic nitrogens is 1. The van der Waals surface area contributed by atoms with Crippen molar-refractivity contribution in [3.63, 3.8) is 0 Å². The second-order valence-corrected chi connectivity index (χ2v) is 5.13. The van der Waals surface area contributed by atoms with Crippen molar-refractivity contribution in [3.8, 4) is 5.75 Å². The van der Waals surface area contributed by atoms with Crippen molar-refractivity contribution < 1.29 is 24.9 Å². The minimum absolute atomic E-state index is 0.0805. The summed E-state index contributed by atoms with van der Waals surface area (Å²) in [6.45, 7) is -0.138. The zero-order valence-electron chi connectivity index (χ0n) is 12.8. The first-order chi connectivity index (χ1) is 11.5. The van der Waals surface area contributed by atoms with Crippen molar-refractivity contribution in [2.75, 3.05) is 12.3 Å². The van der Waals surface area contributed by atoms with E-state index in [0.29, 0.717) is 0 Å². The van der Waals surface area contributed by atoms with Crippen LogP contribution >= 0.6 is 0 Å². The first-order valence-corrected chi connectivity index (χ1v) is 7.22. The van der Waals surface area contributed by atoms with E-state index in [1.54, 1.807) is 0 Å². The van der Waals surface area contributed by atoms with E-state index in [1.807, 2.05) is 30.3 Å². The smallest absolute Gasteiger partial charge is 0.407 e. The molecule has 128 valence electrons. The molecule has 24 heavy (non-hydrogen) atoms. The average Bonchev–Trinajstić information content (AvgIpc) is 2.60. The van der Waals surface area contributed by atoms with Crippen LogP contribution in [-0.4, -0.2) is 39.0 Å². The average molecular weight is 333 g/mol. The lowest BCUT2D eigenvalue weighted by Gasteiger charge is -2.18. The van der Waals surface area contributed by atoms with Crippen LogP contribution in [0, 0.1) is 0 Å². The Morgan fingerprint density at radius 1 is 1.29 bits per heavy atom. The third-order valence-corrected chi connectivity index (χ3v) is 3.29. The lowest BCUT2D eigenvalue weighted by molar-refractivity contribution is 0.0181. The molecule has 0 aliphatic carbocycles. The molecule has 1 aromatic carbocycles. The van der Waals surface area contributed by atoms with Gasteiger partial charge in [-0.2, -0.15) is 0 Å². The van der Waals surface area contributed by atoms with Crippen LogP contribution in [0.25, 0.3) is 0 Å². The quantitative estimate of drug-likeness (QED) is 0.524. The minimum atomic E-state index is -1.35. The van der Waals surface area contributed by atoms with Gasteiger partial charge in [-0.3, -0.25) is 0 Å². The van der Waals surface area contributed by atoms with Crippen LogP contribution in [0.5, 0.6) is 5.75 Å².